The van der Waals surface area contributed by atoms with Crippen molar-refractivity contribution in [1.82, 2.24) is 4.90 Å². The summed E-state index contributed by atoms with van der Waals surface area (Å²) < 4.78 is 0. The Bertz CT molecular complexity index is 199. The van der Waals surface area contributed by atoms with E-state index in [2.05, 4.69) is 31.9 Å². The summed E-state index contributed by atoms with van der Waals surface area (Å²) in [6, 6.07) is 2.43. The van der Waals surface area contributed by atoms with Gasteiger partial charge in [0.25, 0.3) is 0 Å². The number of nitrogens with zero attached hydrogens (tertiary/aromatic N) is 2. The van der Waals surface area contributed by atoms with Gasteiger partial charge in [0.2, 0.25) is 0 Å². The van der Waals surface area contributed by atoms with Crippen LogP contribution >= 0.6 is 0 Å². The molecule has 13 heavy (non-hydrogen) atoms. The quantitative estimate of drug-likeness (QED) is 0.649. The minimum Gasteiger partial charge on any atom is -0.305 e. The molecule has 74 valence electrons. The van der Waals surface area contributed by atoms with Crippen LogP contribution in [-0.4, -0.2) is 25.0 Å². The fraction of sp³-hybridized carbons (Fsp3) is 0.909. The molecular weight excluding hydrogens is 160 g/mol. The molecule has 0 aromatic carbocycles. The van der Waals surface area contributed by atoms with E-state index in [1.165, 1.54) is 6.42 Å². The van der Waals surface area contributed by atoms with Crippen molar-refractivity contribution >= 4 is 0 Å². The summed E-state index contributed by atoms with van der Waals surface area (Å²) in [5.74, 6) is 0.764. The Morgan fingerprint density at radius 2 is 2.08 bits per heavy atom. The SMILES string of the molecule is CC(C)CCN(C)CC1(C#N)CC1. The maximum Gasteiger partial charge on any atom is 0.0703 e. The van der Waals surface area contributed by atoms with Gasteiger partial charge in [0, 0.05) is 6.54 Å². The maximum atomic E-state index is 8.91. The minimum absolute atomic E-state index is 0.0335. The number of hydrogen-bond donors (Lipinski definition) is 0. The van der Waals surface area contributed by atoms with Gasteiger partial charge in [0.05, 0.1) is 11.5 Å². The van der Waals surface area contributed by atoms with Crippen LogP contribution in [0.15, 0.2) is 0 Å². The number of nitriles is 1. The molecule has 0 heterocycles. The van der Waals surface area contributed by atoms with E-state index >= 15 is 0 Å². The van der Waals surface area contributed by atoms with E-state index in [4.69, 9.17) is 5.26 Å². The van der Waals surface area contributed by atoms with Gasteiger partial charge in [-0.25, -0.2) is 0 Å². The van der Waals surface area contributed by atoms with E-state index in [-0.39, 0.29) is 5.41 Å². The molecule has 2 nitrogen and oxygen atoms in total. The third kappa shape index (κ3) is 3.36. The van der Waals surface area contributed by atoms with Crippen LogP contribution in [-0.2, 0) is 0 Å². The highest BCUT2D eigenvalue weighted by Gasteiger charge is 2.43. The van der Waals surface area contributed by atoms with Crippen molar-refractivity contribution in [3.63, 3.8) is 0 Å². The summed E-state index contributed by atoms with van der Waals surface area (Å²) in [6.45, 7) is 6.58. The van der Waals surface area contributed by atoms with E-state index in [0.717, 1.165) is 31.8 Å². The normalized spacial score (nSPS) is 19.1. The summed E-state index contributed by atoms with van der Waals surface area (Å²) >= 11 is 0. The molecule has 1 aliphatic carbocycles. The Morgan fingerprint density at radius 3 is 2.46 bits per heavy atom. The van der Waals surface area contributed by atoms with Gasteiger partial charge in [-0.3, -0.25) is 0 Å². The second kappa shape index (κ2) is 4.11. The average Bonchev–Trinajstić information content (AvgIpc) is 2.82. The largest absolute Gasteiger partial charge is 0.305 e. The lowest BCUT2D eigenvalue weighted by molar-refractivity contribution is 0.277. The molecular formula is C11H20N2. The number of hydrogen-bond acceptors (Lipinski definition) is 2. The highest BCUT2D eigenvalue weighted by Crippen LogP contribution is 2.45. The molecule has 1 rings (SSSR count). The van der Waals surface area contributed by atoms with Gasteiger partial charge < -0.3 is 4.90 Å². The van der Waals surface area contributed by atoms with Crippen LogP contribution in [0.3, 0.4) is 0 Å². The molecule has 0 spiro atoms. The van der Waals surface area contributed by atoms with Gasteiger partial charge in [-0.2, -0.15) is 5.26 Å². The van der Waals surface area contributed by atoms with Crippen LogP contribution in [0.4, 0.5) is 0 Å². The molecule has 0 saturated heterocycles. The van der Waals surface area contributed by atoms with Crippen molar-refractivity contribution < 1.29 is 0 Å². The molecule has 0 aliphatic heterocycles. The standard InChI is InChI=1S/C11H20N2/c1-10(2)4-7-13(3)9-11(8-12)5-6-11/h10H,4-7,9H2,1-3H3. The van der Waals surface area contributed by atoms with Crippen LogP contribution in [0.2, 0.25) is 0 Å². The zero-order valence-corrected chi connectivity index (χ0v) is 9.01. The average molecular weight is 180 g/mol. The zero-order chi connectivity index (χ0) is 9.90. The molecule has 0 amide bonds. The monoisotopic (exact) mass is 180 g/mol. The van der Waals surface area contributed by atoms with Gasteiger partial charge >= 0.3 is 0 Å². The molecule has 0 N–H and O–H groups in total. The lowest BCUT2D eigenvalue weighted by Gasteiger charge is -2.20. The van der Waals surface area contributed by atoms with E-state index in [0.29, 0.717) is 0 Å². The van der Waals surface area contributed by atoms with Crippen LogP contribution in [0.1, 0.15) is 33.1 Å². The second-order valence-electron chi connectivity index (χ2n) is 4.81. The van der Waals surface area contributed by atoms with Crippen LogP contribution < -0.4 is 0 Å². The molecule has 0 aromatic heterocycles. The molecule has 1 saturated carbocycles. The first-order chi connectivity index (χ1) is 6.08. The molecule has 2 heteroatoms. The lowest BCUT2D eigenvalue weighted by atomic mass is 10.1. The minimum atomic E-state index is 0.0335. The molecule has 1 fully saturated rings. The van der Waals surface area contributed by atoms with E-state index in [9.17, 15) is 0 Å². The van der Waals surface area contributed by atoms with E-state index < -0.39 is 0 Å². The van der Waals surface area contributed by atoms with Crippen LogP contribution in [0.25, 0.3) is 0 Å². The molecule has 0 atom stereocenters. The highest BCUT2D eigenvalue weighted by molar-refractivity contribution is 5.11. The smallest absolute Gasteiger partial charge is 0.0703 e. The first-order valence-electron chi connectivity index (χ1n) is 5.18. The Balaban J connectivity index is 2.18. The van der Waals surface area contributed by atoms with E-state index in [1.807, 2.05) is 0 Å². The highest BCUT2D eigenvalue weighted by atomic mass is 15.1. The lowest BCUT2D eigenvalue weighted by Crippen LogP contribution is -2.27. The van der Waals surface area contributed by atoms with Gasteiger partial charge in [-0.05, 0) is 38.8 Å². The van der Waals surface area contributed by atoms with Crippen molar-refractivity contribution in [1.29, 1.82) is 5.26 Å². The maximum absolute atomic E-state index is 8.91. The molecule has 0 unspecified atom stereocenters. The van der Waals surface area contributed by atoms with Crippen LogP contribution in [0, 0.1) is 22.7 Å². The molecule has 0 radical (unpaired) electrons. The summed E-state index contributed by atoms with van der Waals surface area (Å²) in [5, 5.41) is 8.91. The van der Waals surface area contributed by atoms with Gasteiger partial charge in [0.15, 0.2) is 0 Å². The predicted octanol–water partition coefficient (Wildman–Crippen LogP) is 2.27. The van der Waals surface area contributed by atoms with Crippen molar-refractivity contribution in [2.75, 3.05) is 20.1 Å². The van der Waals surface area contributed by atoms with Crippen LogP contribution in [0.5, 0.6) is 0 Å². The third-order valence-corrected chi connectivity index (χ3v) is 2.75. The predicted molar refractivity (Wildman–Crippen MR) is 54.2 cm³/mol. The first kappa shape index (κ1) is 10.5. The summed E-state index contributed by atoms with van der Waals surface area (Å²) in [4.78, 5) is 2.30. The second-order valence-corrected chi connectivity index (χ2v) is 4.81. The third-order valence-electron chi connectivity index (χ3n) is 2.75. The molecule has 1 aliphatic rings. The fourth-order valence-corrected chi connectivity index (χ4v) is 1.53. The van der Waals surface area contributed by atoms with Gasteiger partial charge in [-0.1, -0.05) is 13.8 Å². The van der Waals surface area contributed by atoms with Crippen molar-refractivity contribution in [2.24, 2.45) is 11.3 Å². The molecule has 0 aromatic rings. The van der Waals surface area contributed by atoms with Crippen molar-refractivity contribution in [3.05, 3.63) is 0 Å². The van der Waals surface area contributed by atoms with Crippen molar-refractivity contribution in [2.45, 2.75) is 33.1 Å². The Hall–Kier alpha value is -0.550. The Morgan fingerprint density at radius 1 is 1.46 bits per heavy atom. The topological polar surface area (TPSA) is 27.0 Å². The summed E-state index contributed by atoms with van der Waals surface area (Å²) in [5.41, 5.74) is 0.0335. The first-order valence-corrected chi connectivity index (χ1v) is 5.18. The van der Waals surface area contributed by atoms with Crippen molar-refractivity contribution in [3.8, 4) is 6.07 Å². The Kier molecular flexibility index (Phi) is 3.33. The van der Waals surface area contributed by atoms with Gasteiger partial charge in [-0.15, -0.1) is 0 Å². The summed E-state index contributed by atoms with van der Waals surface area (Å²) in [6.07, 6.45) is 3.45. The fourth-order valence-electron chi connectivity index (χ4n) is 1.53. The number of rotatable bonds is 5. The Labute approximate surface area is 81.5 Å². The zero-order valence-electron chi connectivity index (χ0n) is 9.01. The molecule has 0 bridgehead atoms. The van der Waals surface area contributed by atoms with Gasteiger partial charge in [0.1, 0.15) is 0 Å². The van der Waals surface area contributed by atoms with E-state index in [1.54, 1.807) is 0 Å². The summed E-state index contributed by atoms with van der Waals surface area (Å²) in [7, 11) is 2.12.